The van der Waals surface area contributed by atoms with E-state index in [-0.39, 0.29) is 54.1 Å². The molecule has 0 bridgehead atoms. The van der Waals surface area contributed by atoms with Crippen LogP contribution in [-0.4, -0.2) is 51.9 Å². The summed E-state index contributed by atoms with van der Waals surface area (Å²) >= 11 is 0. The van der Waals surface area contributed by atoms with Crippen LogP contribution in [0, 0.1) is 0 Å². The van der Waals surface area contributed by atoms with Crippen molar-refractivity contribution in [2.45, 2.75) is 38.0 Å². The Morgan fingerprint density at radius 2 is 1.86 bits per heavy atom. The van der Waals surface area contributed by atoms with E-state index in [1.54, 1.807) is 36.7 Å². The number of carbonyl (C=O) groups is 2. The fourth-order valence-corrected chi connectivity index (χ4v) is 4.55. The molecule has 42 heavy (non-hydrogen) atoms. The van der Waals surface area contributed by atoms with Gasteiger partial charge < -0.3 is 14.1 Å². The van der Waals surface area contributed by atoms with Crippen LogP contribution in [0.15, 0.2) is 71.5 Å². The number of fused-ring (bicyclic) bond motifs is 1. The van der Waals surface area contributed by atoms with Crippen molar-refractivity contribution in [3.05, 3.63) is 84.0 Å². The van der Waals surface area contributed by atoms with Crippen LogP contribution in [0.2, 0.25) is 0 Å². The zero-order valence-corrected chi connectivity index (χ0v) is 22.0. The molecular weight excluding hydrogens is 561 g/mol. The smallest absolute Gasteiger partial charge is 0.457 e. The van der Waals surface area contributed by atoms with Gasteiger partial charge in [0.25, 0.3) is 11.8 Å². The minimum absolute atomic E-state index is 0.0601. The summed E-state index contributed by atoms with van der Waals surface area (Å²) in [5, 5.41) is 0.302. The summed E-state index contributed by atoms with van der Waals surface area (Å²) in [7, 11) is 0. The molecular formula is C30H24F5N3O4. The molecule has 1 saturated heterocycles. The molecule has 4 heterocycles. The number of carbonyl (C=O) groups excluding carboxylic acids is 2. The first-order valence-electron chi connectivity index (χ1n) is 13.0. The standard InChI is InChI=1S/C30H24F5N3O4/c31-29(32)9-12-38(13-10-29)28(40)20-4-8-25(37-18-20)21-14-22-15-24(41-27(22)26(16-21)42-30(33,34)35)7-6-23(39)5-3-19-2-1-11-36-17-19/h1-5,8,11,14-18H,6-7,9-10,12-13H2/b5-3+. The number of rotatable bonds is 8. The first-order chi connectivity index (χ1) is 20.0. The topological polar surface area (TPSA) is 85.5 Å². The second-order valence-electron chi connectivity index (χ2n) is 9.82. The minimum Gasteiger partial charge on any atom is -0.457 e. The number of ketones is 1. The van der Waals surface area contributed by atoms with Crippen molar-refractivity contribution in [2.75, 3.05) is 13.1 Å². The molecule has 1 amide bonds. The lowest BCUT2D eigenvalue weighted by molar-refractivity contribution is -0.274. The molecule has 1 aliphatic heterocycles. The number of hydrogen-bond acceptors (Lipinski definition) is 6. The maximum atomic E-state index is 13.4. The van der Waals surface area contributed by atoms with Gasteiger partial charge in [0.05, 0.1) is 11.3 Å². The number of hydrogen-bond donors (Lipinski definition) is 0. The van der Waals surface area contributed by atoms with Crippen LogP contribution in [0.1, 0.15) is 40.9 Å². The van der Waals surface area contributed by atoms with Crippen LogP contribution in [0.5, 0.6) is 5.75 Å². The molecule has 0 saturated carbocycles. The zero-order chi connectivity index (χ0) is 29.9. The molecule has 12 heteroatoms. The van der Waals surface area contributed by atoms with E-state index < -0.39 is 36.8 Å². The van der Waals surface area contributed by atoms with Crippen molar-refractivity contribution >= 4 is 28.7 Å². The summed E-state index contributed by atoms with van der Waals surface area (Å²) in [4.78, 5) is 34.6. The molecule has 1 aromatic carbocycles. The van der Waals surface area contributed by atoms with Crippen molar-refractivity contribution in [1.29, 1.82) is 0 Å². The summed E-state index contributed by atoms with van der Waals surface area (Å²) in [6, 6.07) is 10.6. The molecule has 0 unspecified atom stereocenters. The number of aromatic nitrogens is 2. The number of amides is 1. The minimum atomic E-state index is -5.00. The summed E-state index contributed by atoms with van der Waals surface area (Å²) in [6.45, 7) is -0.171. The number of pyridine rings is 2. The highest BCUT2D eigenvalue weighted by atomic mass is 19.4. The fraction of sp³-hybridized carbons (Fsp3) is 0.267. The molecule has 1 fully saturated rings. The van der Waals surface area contributed by atoms with Crippen molar-refractivity contribution in [2.24, 2.45) is 0 Å². The van der Waals surface area contributed by atoms with E-state index >= 15 is 0 Å². The van der Waals surface area contributed by atoms with Gasteiger partial charge in [-0.3, -0.25) is 19.6 Å². The predicted octanol–water partition coefficient (Wildman–Crippen LogP) is 6.87. The summed E-state index contributed by atoms with van der Waals surface area (Å²) in [6.07, 6.45) is 1.84. The average molecular weight is 586 g/mol. The number of piperidine rings is 1. The van der Waals surface area contributed by atoms with E-state index in [9.17, 15) is 31.5 Å². The summed E-state index contributed by atoms with van der Waals surface area (Å²) in [5.41, 5.74) is 1.30. The van der Waals surface area contributed by atoms with Gasteiger partial charge in [0.2, 0.25) is 0 Å². The molecule has 0 radical (unpaired) electrons. The number of nitrogens with zero attached hydrogens (tertiary/aromatic N) is 3. The summed E-state index contributed by atoms with van der Waals surface area (Å²) < 4.78 is 76.5. The Morgan fingerprint density at radius 1 is 1.07 bits per heavy atom. The second-order valence-corrected chi connectivity index (χ2v) is 9.82. The fourth-order valence-electron chi connectivity index (χ4n) is 4.55. The van der Waals surface area contributed by atoms with E-state index in [0.29, 0.717) is 11.1 Å². The highest BCUT2D eigenvalue weighted by molar-refractivity contribution is 5.95. The number of aryl methyl sites for hydroxylation is 1. The largest absolute Gasteiger partial charge is 0.573 e. The molecule has 218 valence electrons. The highest BCUT2D eigenvalue weighted by Gasteiger charge is 2.36. The van der Waals surface area contributed by atoms with Gasteiger partial charge in [0.1, 0.15) is 5.76 Å². The maximum absolute atomic E-state index is 13.4. The van der Waals surface area contributed by atoms with E-state index in [2.05, 4.69) is 14.7 Å². The Balaban J connectivity index is 1.34. The maximum Gasteiger partial charge on any atom is 0.573 e. The number of alkyl halides is 5. The molecule has 3 aromatic heterocycles. The van der Waals surface area contributed by atoms with Crippen molar-refractivity contribution in [3.63, 3.8) is 0 Å². The Bertz CT molecular complexity index is 1610. The molecule has 0 atom stereocenters. The van der Waals surface area contributed by atoms with Crippen LogP contribution in [0.4, 0.5) is 22.0 Å². The number of allylic oxidation sites excluding steroid dienone is 1. The lowest BCUT2D eigenvalue weighted by Gasteiger charge is -2.31. The summed E-state index contributed by atoms with van der Waals surface area (Å²) in [5.74, 6) is -3.75. The van der Waals surface area contributed by atoms with Crippen LogP contribution >= 0.6 is 0 Å². The first kappa shape index (κ1) is 28.9. The lowest BCUT2D eigenvalue weighted by atomic mass is 10.0. The molecule has 7 nitrogen and oxygen atoms in total. The number of likely N-dealkylation sites (tertiary alicyclic amines) is 1. The van der Waals surface area contributed by atoms with Gasteiger partial charge >= 0.3 is 6.36 Å². The van der Waals surface area contributed by atoms with Gasteiger partial charge in [-0.05, 0) is 54.1 Å². The molecule has 0 aliphatic carbocycles. The molecule has 0 N–H and O–H groups in total. The molecule has 5 rings (SSSR count). The monoisotopic (exact) mass is 585 g/mol. The van der Waals surface area contributed by atoms with Crippen LogP contribution < -0.4 is 4.74 Å². The quantitative estimate of drug-likeness (QED) is 0.166. The third kappa shape index (κ3) is 7.17. The van der Waals surface area contributed by atoms with Gasteiger partial charge in [0, 0.05) is 68.3 Å². The van der Waals surface area contributed by atoms with E-state index in [0.717, 1.165) is 11.6 Å². The van der Waals surface area contributed by atoms with E-state index in [4.69, 9.17) is 4.42 Å². The Hall–Kier alpha value is -4.61. The van der Waals surface area contributed by atoms with Crippen molar-refractivity contribution in [3.8, 4) is 17.0 Å². The van der Waals surface area contributed by atoms with Gasteiger partial charge in [-0.15, -0.1) is 13.2 Å². The predicted molar refractivity (Wildman–Crippen MR) is 143 cm³/mol. The molecule has 0 spiro atoms. The Morgan fingerprint density at radius 3 is 2.52 bits per heavy atom. The van der Waals surface area contributed by atoms with Crippen LogP contribution in [-0.2, 0) is 11.2 Å². The number of benzene rings is 1. The molecule has 4 aromatic rings. The normalized spacial score (nSPS) is 15.3. The Labute approximate surface area is 236 Å². The van der Waals surface area contributed by atoms with Gasteiger partial charge in [-0.1, -0.05) is 6.07 Å². The van der Waals surface area contributed by atoms with Crippen LogP contribution in [0.25, 0.3) is 28.3 Å². The SMILES string of the molecule is O=C(/C=C/c1cccnc1)CCc1cc2cc(-c3ccc(C(=O)N4CCC(F)(F)CC4)cn3)cc(OC(F)(F)F)c2o1. The second kappa shape index (κ2) is 11.7. The number of ether oxygens (including phenoxy) is 1. The van der Waals surface area contributed by atoms with Crippen LogP contribution in [0.3, 0.4) is 0 Å². The first-order valence-corrected chi connectivity index (χ1v) is 13.0. The Kier molecular flexibility index (Phi) is 8.06. The average Bonchev–Trinajstić information content (AvgIpc) is 3.38. The highest BCUT2D eigenvalue weighted by Crippen LogP contribution is 2.37. The number of furan rings is 1. The molecule has 1 aliphatic rings. The van der Waals surface area contributed by atoms with Crippen molar-refractivity contribution < 1.29 is 40.7 Å². The van der Waals surface area contributed by atoms with Crippen molar-refractivity contribution in [1.82, 2.24) is 14.9 Å². The zero-order valence-electron chi connectivity index (χ0n) is 22.0. The third-order valence-corrected chi connectivity index (χ3v) is 6.71. The third-order valence-electron chi connectivity index (χ3n) is 6.71. The van der Waals surface area contributed by atoms with Gasteiger partial charge in [0.15, 0.2) is 17.1 Å². The number of halogens is 5. The van der Waals surface area contributed by atoms with Gasteiger partial charge in [-0.25, -0.2) is 8.78 Å². The van der Waals surface area contributed by atoms with Gasteiger partial charge in [-0.2, -0.15) is 0 Å². The van der Waals surface area contributed by atoms with E-state index in [1.165, 1.54) is 35.4 Å². The lowest BCUT2D eigenvalue weighted by Crippen LogP contribution is -2.42. The van der Waals surface area contributed by atoms with E-state index in [1.807, 2.05) is 0 Å².